The summed E-state index contributed by atoms with van der Waals surface area (Å²) in [5, 5.41) is 3.11. The van der Waals surface area contributed by atoms with Gasteiger partial charge in [0.1, 0.15) is 0 Å². The molecule has 0 aromatic heterocycles. The Balaban J connectivity index is 1.74. The summed E-state index contributed by atoms with van der Waals surface area (Å²) in [6.07, 6.45) is 1.08. The molecule has 0 radical (unpaired) electrons. The second kappa shape index (κ2) is 10.6. The number of nitrogens with one attached hydrogen (secondary N) is 1. The predicted octanol–water partition coefficient (Wildman–Crippen LogP) is 1.77. The summed E-state index contributed by atoms with van der Waals surface area (Å²) in [6, 6.07) is 8.55. The molecule has 1 saturated heterocycles. The maximum atomic E-state index is 12.4. The highest BCUT2D eigenvalue weighted by atomic mass is 16.2. The zero-order valence-corrected chi connectivity index (χ0v) is 18.1. The maximum Gasteiger partial charge on any atom is 0.236 e. The van der Waals surface area contributed by atoms with Crippen LogP contribution in [0.5, 0.6) is 0 Å². The first-order valence-electron chi connectivity index (χ1n) is 10.3. The molecular formula is C22H36N4O2. The number of piperazine rings is 1. The third kappa shape index (κ3) is 7.24. The van der Waals surface area contributed by atoms with Gasteiger partial charge in [0.25, 0.3) is 0 Å². The maximum absolute atomic E-state index is 12.4. The van der Waals surface area contributed by atoms with Crippen molar-refractivity contribution in [2.75, 3.05) is 53.4 Å². The molecule has 0 unspecified atom stereocenters. The Labute approximate surface area is 169 Å². The van der Waals surface area contributed by atoms with Gasteiger partial charge in [-0.1, -0.05) is 38.1 Å². The van der Waals surface area contributed by atoms with Crippen molar-refractivity contribution in [3.63, 3.8) is 0 Å². The molecule has 1 aliphatic rings. The lowest BCUT2D eigenvalue weighted by Crippen LogP contribution is -2.51. The fourth-order valence-corrected chi connectivity index (χ4v) is 3.43. The molecule has 1 fully saturated rings. The minimum Gasteiger partial charge on any atom is -0.348 e. The molecule has 1 aromatic rings. The van der Waals surface area contributed by atoms with Crippen LogP contribution in [0.25, 0.3) is 0 Å². The van der Waals surface area contributed by atoms with Crippen LogP contribution in [0.2, 0.25) is 0 Å². The van der Waals surface area contributed by atoms with Gasteiger partial charge in [-0.3, -0.25) is 19.4 Å². The van der Waals surface area contributed by atoms with Crippen LogP contribution in [0, 0.1) is 5.92 Å². The largest absolute Gasteiger partial charge is 0.348 e. The number of likely N-dealkylation sites (N-methyl/N-ethyl adjacent to an activating group) is 1. The van der Waals surface area contributed by atoms with E-state index in [-0.39, 0.29) is 17.9 Å². The van der Waals surface area contributed by atoms with Crippen molar-refractivity contribution in [1.82, 2.24) is 20.0 Å². The molecule has 1 heterocycles. The fraction of sp³-hybridized carbons (Fsp3) is 0.636. The molecule has 156 valence electrons. The van der Waals surface area contributed by atoms with E-state index in [0.717, 1.165) is 38.2 Å². The van der Waals surface area contributed by atoms with Gasteiger partial charge in [-0.05, 0) is 30.4 Å². The van der Waals surface area contributed by atoms with E-state index in [4.69, 9.17) is 0 Å². The third-order valence-electron chi connectivity index (χ3n) is 5.19. The summed E-state index contributed by atoms with van der Waals surface area (Å²) in [5.74, 6) is 0.820. The van der Waals surface area contributed by atoms with Gasteiger partial charge in [0.15, 0.2) is 0 Å². The molecule has 0 aliphatic carbocycles. The quantitative estimate of drug-likeness (QED) is 0.737. The second-order valence-electron chi connectivity index (χ2n) is 8.47. The molecular weight excluding hydrogens is 352 g/mol. The molecule has 0 bridgehead atoms. The summed E-state index contributed by atoms with van der Waals surface area (Å²) >= 11 is 0. The highest BCUT2D eigenvalue weighted by Crippen LogP contribution is 2.15. The van der Waals surface area contributed by atoms with Gasteiger partial charge in [0, 0.05) is 40.3 Å². The smallest absolute Gasteiger partial charge is 0.236 e. The van der Waals surface area contributed by atoms with Gasteiger partial charge in [0.05, 0.1) is 19.1 Å². The van der Waals surface area contributed by atoms with Crippen LogP contribution >= 0.6 is 0 Å². The third-order valence-corrected chi connectivity index (χ3v) is 5.19. The Hall–Kier alpha value is -1.92. The number of nitrogens with zero attached hydrogens (tertiary/aromatic N) is 3. The Morgan fingerprint density at radius 3 is 2.00 bits per heavy atom. The summed E-state index contributed by atoms with van der Waals surface area (Å²) in [6.45, 7) is 10.6. The SMILES string of the molecule is CC(C)Cc1ccc([C@@H](C)NC(=O)CN2CCN(CC(=O)N(C)C)CC2)cc1. The van der Waals surface area contributed by atoms with Crippen LogP contribution < -0.4 is 5.32 Å². The Morgan fingerprint density at radius 2 is 1.50 bits per heavy atom. The van der Waals surface area contributed by atoms with Crippen LogP contribution in [0.4, 0.5) is 0 Å². The number of carbonyl (C=O) groups excluding carboxylic acids is 2. The van der Waals surface area contributed by atoms with Crippen molar-refractivity contribution in [3.05, 3.63) is 35.4 Å². The van der Waals surface area contributed by atoms with Crippen LogP contribution in [-0.4, -0.2) is 79.9 Å². The molecule has 6 nitrogen and oxygen atoms in total. The minimum atomic E-state index is -0.000369. The second-order valence-corrected chi connectivity index (χ2v) is 8.47. The zero-order chi connectivity index (χ0) is 20.7. The van der Waals surface area contributed by atoms with E-state index in [1.807, 2.05) is 6.92 Å². The van der Waals surface area contributed by atoms with E-state index in [0.29, 0.717) is 19.0 Å². The zero-order valence-electron chi connectivity index (χ0n) is 18.1. The van der Waals surface area contributed by atoms with Crippen molar-refractivity contribution >= 4 is 11.8 Å². The average molecular weight is 389 g/mol. The van der Waals surface area contributed by atoms with E-state index in [2.05, 4.69) is 53.2 Å². The van der Waals surface area contributed by atoms with Gasteiger partial charge in [-0.15, -0.1) is 0 Å². The van der Waals surface area contributed by atoms with Crippen LogP contribution in [0.15, 0.2) is 24.3 Å². The summed E-state index contributed by atoms with van der Waals surface area (Å²) < 4.78 is 0. The average Bonchev–Trinajstić information content (AvgIpc) is 2.63. The normalized spacial score (nSPS) is 16.8. The van der Waals surface area contributed by atoms with Crippen LogP contribution in [-0.2, 0) is 16.0 Å². The molecule has 2 rings (SSSR count). The van der Waals surface area contributed by atoms with E-state index < -0.39 is 0 Å². The number of benzene rings is 1. The number of amides is 2. The lowest BCUT2D eigenvalue weighted by Gasteiger charge is -2.34. The highest BCUT2D eigenvalue weighted by Gasteiger charge is 2.21. The van der Waals surface area contributed by atoms with Gasteiger partial charge in [-0.25, -0.2) is 0 Å². The lowest BCUT2D eigenvalue weighted by molar-refractivity contribution is -0.131. The Morgan fingerprint density at radius 1 is 0.964 bits per heavy atom. The molecule has 2 amide bonds. The van der Waals surface area contributed by atoms with Crippen molar-refractivity contribution in [1.29, 1.82) is 0 Å². The monoisotopic (exact) mass is 388 g/mol. The number of hydrogen-bond acceptors (Lipinski definition) is 4. The van der Waals surface area contributed by atoms with E-state index in [1.165, 1.54) is 5.56 Å². The van der Waals surface area contributed by atoms with Gasteiger partial charge >= 0.3 is 0 Å². The van der Waals surface area contributed by atoms with E-state index in [9.17, 15) is 9.59 Å². The van der Waals surface area contributed by atoms with Gasteiger partial charge in [-0.2, -0.15) is 0 Å². The molecule has 1 aliphatic heterocycles. The molecule has 0 spiro atoms. The van der Waals surface area contributed by atoms with Crippen LogP contribution in [0.3, 0.4) is 0 Å². The summed E-state index contributed by atoms with van der Waals surface area (Å²) in [5.41, 5.74) is 2.47. The first-order valence-corrected chi connectivity index (χ1v) is 10.3. The van der Waals surface area contributed by atoms with Crippen LogP contribution in [0.1, 0.15) is 37.9 Å². The number of hydrogen-bond donors (Lipinski definition) is 1. The van der Waals surface area contributed by atoms with E-state index in [1.54, 1.807) is 19.0 Å². The first-order chi connectivity index (χ1) is 13.2. The standard InChI is InChI=1S/C22H36N4O2/c1-17(2)14-19-6-8-20(9-7-19)18(3)23-21(27)15-25-10-12-26(13-11-25)16-22(28)24(4)5/h6-9,17-18H,10-16H2,1-5H3,(H,23,27)/t18-/m1/s1. The van der Waals surface area contributed by atoms with Crippen molar-refractivity contribution < 1.29 is 9.59 Å². The predicted molar refractivity (Wildman–Crippen MR) is 113 cm³/mol. The summed E-state index contributed by atoms with van der Waals surface area (Å²) in [4.78, 5) is 30.2. The van der Waals surface area contributed by atoms with Gasteiger partial charge in [0.2, 0.25) is 11.8 Å². The lowest BCUT2D eigenvalue weighted by atomic mass is 10.00. The Bertz CT molecular complexity index is 634. The molecule has 0 saturated carbocycles. The fourth-order valence-electron chi connectivity index (χ4n) is 3.43. The topological polar surface area (TPSA) is 55.9 Å². The van der Waals surface area contributed by atoms with Crippen molar-refractivity contribution in [2.45, 2.75) is 33.2 Å². The van der Waals surface area contributed by atoms with Gasteiger partial charge < -0.3 is 10.2 Å². The molecule has 1 N–H and O–H groups in total. The molecule has 1 atom stereocenters. The minimum absolute atomic E-state index is 0.000369. The van der Waals surface area contributed by atoms with E-state index >= 15 is 0 Å². The Kier molecular flexibility index (Phi) is 8.45. The molecule has 6 heteroatoms. The molecule has 28 heavy (non-hydrogen) atoms. The van der Waals surface area contributed by atoms with Crippen molar-refractivity contribution in [2.24, 2.45) is 5.92 Å². The first kappa shape index (κ1) is 22.4. The van der Waals surface area contributed by atoms with Crippen molar-refractivity contribution in [3.8, 4) is 0 Å². The molecule has 1 aromatic carbocycles. The summed E-state index contributed by atoms with van der Waals surface area (Å²) in [7, 11) is 3.56. The highest BCUT2D eigenvalue weighted by molar-refractivity contribution is 5.78. The number of carbonyl (C=O) groups is 2. The number of rotatable bonds is 8.